The van der Waals surface area contributed by atoms with Crippen molar-refractivity contribution >= 4 is 5.69 Å². The second-order valence-corrected chi connectivity index (χ2v) is 5.53. The quantitative estimate of drug-likeness (QED) is 0.797. The van der Waals surface area contributed by atoms with Gasteiger partial charge in [0.25, 0.3) is 0 Å². The van der Waals surface area contributed by atoms with Crippen molar-refractivity contribution in [1.29, 1.82) is 0 Å². The zero-order chi connectivity index (χ0) is 14.6. The summed E-state index contributed by atoms with van der Waals surface area (Å²) in [5.74, 6) is 0.480. The largest absolute Gasteiger partial charge is 0.365 e. The molecule has 0 N–H and O–H groups in total. The fourth-order valence-electron chi connectivity index (χ4n) is 2.78. The SMILES string of the molecule is CC(C)c1cc(F)cc2c1N(C)Cc1nn(C)c(=O)n1-2. The topological polar surface area (TPSA) is 43.1 Å². The minimum atomic E-state index is -0.329. The lowest BCUT2D eigenvalue weighted by molar-refractivity contribution is 0.617. The highest BCUT2D eigenvalue weighted by molar-refractivity contribution is 5.70. The molecule has 1 aromatic heterocycles. The Morgan fingerprint density at radius 2 is 2.00 bits per heavy atom. The second kappa shape index (κ2) is 4.19. The maximum atomic E-state index is 13.9. The number of aromatic nitrogens is 3. The minimum Gasteiger partial charge on any atom is -0.365 e. The molecule has 0 aliphatic carbocycles. The van der Waals surface area contributed by atoms with Crippen LogP contribution in [0.2, 0.25) is 0 Å². The fourth-order valence-corrected chi connectivity index (χ4v) is 2.78. The molecule has 0 saturated heterocycles. The zero-order valence-electron chi connectivity index (χ0n) is 12.0. The number of rotatable bonds is 1. The average Bonchev–Trinajstić information content (AvgIpc) is 2.63. The summed E-state index contributed by atoms with van der Waals surface area (Å²) in [7, 11) is 3.54. The van der Waals surface area contributed by atoms with Crippen LogP contribution in [0.4, 0.5) is 10.1 Å². The number of hydrogen-bond donors (Lipinski definition) is 0. The van der Waals surface area contributed by atoms with E-state index in [0.717, 1.165) is 11.3 Å². The lowest BCUT2D eigenvalue weighted by Gasteiger charge is -2.30. The number of halogens is 1. The maximum absolute atomic E-state index is 13.9. The molecule has 0 unspecified atom stereocenters. The molecule has 0 amide bonds. The van der Waals surface area contributed by atoms with Crippen LogP contribution in [0, 0.1) is 5.82 Å². The number of fused-ring (bicyclic) bond motifs is 3. The number of aryl methyl sites for hydroxylation is 1. The molecule has 1 aliphatic rings. The van der Waals surface area contributed by atoms with E-state index in [2.05, 4.69) is 5.10 Å². The van der Waals surface area contributed by atoms with Gasteiger partial charge in [-0.3, -0.25) is 0 Å². The van der Waals surface area contributed by atoms with E-state index in [1.807, 2.05) is 25.8 Å². The first kappa shape index (κ1) is 12.9. The number of nitrogens with zero attached hydrogens (tertiary/aromatic N) is 4. The second-order valence-electron chi connectivity index (χ2n) is 5.53. The van der Waals surface area contributed by atoms with Crippen LogP contribution in [0.3, 0.4) is 0 Å². The van der Waals surface area contributed by atoms with E-state index in [1.165, 1.54) is 15.3 Å². The first-order chi connectivity index (χ1) is 9.40. The highest BCUT2D eigenvalue weighted by Crippen LogP contribution is 2.37. The van der Waals surface area contributed by atoms with Gasteiger partial charge in [0.05, 0.1) is 17.9 Å². The standard InChI is InChI=1S/C14H17FN4O/c1-8(2)10-5-9(15)6-11-13(10)17(3)7-12-16-18(4)14(20)19(11)12/h5-6,8H,7H2,1-4H3. The van der Waals surface area contributed by atoms with Gasteiger partial charge in [-0.1, -0.05) is 13.8 Å². The molecular formula is C14H17FN4O. The lowest BCUT2D eigenvalue weighted by Crippen LogP contribution is -2.31. The van der Waals surface area contributed by atoms with Crippen molar-refractivity contribution in [2.45, 2.75) is 26.3 Å². The highest BCUT2D eigenvalue weighted by atomic mass is 19.1. The molecule has 0 atom stereocenters. The molecule has 0 radical (unpaired) electrons. The van der Waals surface area contributed by atoms with Crippen molar-refractivity contribution in [3.8, 4) is 5.69 Å². The van der Waals surface area contributed by atoms with Crippen molar-refractivity contribution in [2.75, 3.05) is 11.9 Å². The van der Waals surface area contributed by atoms with E-state index >= 15 is 0 Å². The van der Waals surface area contributed by atoms with E-state index in [-0.39, 0.29) is 17.4 Å². The Kier molecular flexibility index (Phi) is 2.70. The average molecular weight is 276 g/mol. The molecule has 5 nitrogen and oxygen atoms in total. The Hall–Kier alpha value is -2.11. The van der Waals surface area contributed by atoms with Crippen LogP contribution in [-0.2, 0) is 13.6 Å². The van der Waals surface area contributed by atoms with Crippen molar-refractivity contribution in [2.24, 2.45) is 7.05 Å². The van der Waals surface area contributed by atoms with E-state index < -0.39 is 0 Å². The summed E-state index contributed by atoms with van der Waals surface area (Å²) in [6.07, 6.45) is 0. The van der Waals surface area contributed by atoms with Crippen molar-refractivity contribution < 1.29 is 4.39 Å². The molecule has 0 spiro atoms. The van der Waals surface area contributed by atoms with E-state index in [0.29, 0.717) is 18.1 Å². The maximum Gasteiger partial charge on any atom is 0.350 e. The molecule has 0 bridgehead atoms. The summed E-state index contributed by atoms with van der Waals surface area (Å²) in [4.78, 5) is 14.2. The predicted molar refractivity (Wildman–Crippen MR) is 75.0 cm³/mol. The summed E-state index contributed by atoms with van der Waals surface area (Å²) in [6, 6.07) is 2.95. The summed E-state index contributed by atoms with van der Waals surface area (Å²) in [5.41, 5.74) is 2.15. The van der Waals surface area contributed by atoms with Gasteiger partial charge in [-0.15, -0.1) is 0 Å². The van der Waals surface area contributed by atoms with Gasteiger partial charge in [0, 0.05) is 20.2 Å². The van der Waals surface area contributed by atoms with E-state index in [1.54, 1.807) is 13.1 Å². The summed E-state index contributed by atoms with van der Waals surface area (Å²) < 4.78 is 16.7. The number of anilines is 1. The van der Waals surface area contributed by atoms with Crippen LogP contribution in [0.5, 0.6) is 0 Å². The summed E-state index contributed by atoms with van der Waals surface area (Å²) >= 11 is 0. The first-order valence-corrected chi connectivity index (χ1v) is 6.60. The Morgan fingerprint density at radius 1 is 1.30 bits per heavy atom. The van der Waals surface area contributed by atoms with Gasteiger partial charge < -0.3 is 4.90 Å². The smallest absolute Gasteiger partial charge is 0.350 e. The monoisotopic (exact) mass is 276 g/mol. The normalized spacial score (nSPS) is 13.6. The van der Waals surface area contributed by atoms with Gasteiger partial charge in [0.1, 0.15) is 5.82 Å². The van der Waals surface area contributed by atoms with Gasteiger partial charge in [0.2, 0.25) is 0 Å². The van der Waals surface area contributed by atoms with Gasteiger partial charge in [-0.05, 0) is 17.5 Å². The minimum absolute atomic E-state index is 0.177. The molecule has 2 aromatic rings. The Balaban J connectivity index is 2.40. The lowest BCUT2D eigenvalue weighted by atomic mass is 9.98. The van der Waals surface area contributed by atoms with Gasteiger partial charge in [-0.2, -0.15) is 5.10 Å². The zero-order valence-corrected chi connectivity index (χ0v) is 12.0. The molecule has 0 saturated carbocycles. The fraction of sp³-hybridized carbons (Fsp3) is 0.429. The van der Waals surface area contributed by atoms with Crippen LogP contribution in [0.1, 0.15) is 31.2 Å². The Morgan fingerprint density at radius 3 is 2.65 bits per heavy atom. The molecule has 6 heteroatoms. The van der Waals surface area contributed by atoms with Crippen molar-refractivity contribution in [1.82, 2.24) is 14.3 Å². The third-order valence-electron chi connectivity index (χ3n) is 3.70. The summed E-state index contributed by atoms with van der Waals surface area (Å²) in [6.45, 7) is 4.57. The van der Waals surface area contributed by atoms with Gasteiger partial charge >= 0.3 is 5.69 Å². The molecule has 3 rings (SSSR count). The molecule has 20 heavy (non-hydrogen) atoms. The third kappa shape index (κ3) is 1.67. The van der Waals surface area contributed by atoms with Crippen LogP contribution in [0.25, 0.3) is 5.69 Å². The molecule has 2 heterocycles. The van der Waals surface area contributed by atoms with Crippen LogP contribution < -0.4 is 10.6 Å². The van der Waals surface area contributed by atoms with Crippen LogP contribution in [-0.4, -0.2) is 21.4 Å². The van der Waals surface area contributed by atoms with E-state index in [4.69, 9.17) is 0 Å². The summed E-state index contributed by atoms with van der Waals surface area (Å²) in [5, 5.41) is 4.21. The van der Waals surface area contributed by atoms with Gasteiger partial charge in [0.15, 0.2) is 5.82 Å². The molecule has 0 fully saturated rings. The predicted octanol–water partition coefficient (Wildman–Crippen LogP) is 1.78. The van der Waals surface area contributed by atoms with Gasteiger partial charge in [-0.25, -0.2) is 18.4 Å². The molecule has 106 valence electrons. The van der Waals surface area contributed by atoms with Crippen LogP contribution in [0.15, 0.2) is 16.9 Å². The number of hydrogen-bond acceptors (Lipinski definition) is 3. The highest BCUT2D eigenvalue weighted by Gasteiger charge is 2.27. The van der Waals surface area contributed by atoms with Crippen molar-refractivity contribution in [3.63, 3.8) is 0 Å². The van der Waals surface area contributed by atoms with E-state index in [9.17, 15) is 9.18 Å². The third-order valence-corrected chi connectivity index (χ3v) is 3.70. The molecular weight excluding hydrogens is 259 g/mol. The Labute approximate surface area is 116 Å². The Bertz CT molecular complexity index is 744. The number of benzene rings is 1. The van der Waals surface area contributed by atoms with Crippen molar-refractivity contribution in [3.05, 3.63) is 39.8 Å². The first-order valence-electron chi connectivity index (χ1n) is 6.60. The van der Waals surface area contributed by atoms with Crippen LogP contribution >= 0.6 is 0 Å². The molecule has 1 aliphatic heterocycles. The molecule has 1 aromatic carbocycles.